The summed E-state index contributed by atoms with van der Waals surface area (Å²) in [6.07, 6.45) is 6.39. The number of morpholine rings is 1. The molecular weight excluding hydrogens is 364 g/mol. The molecule has 1 amide bonds. The average Bonchev–Trinajstić information content (AvgIpc) is 2.67. The number of anilines is 1. The highest BCUT2D eigenvalue weighted by atomic mass is 16.6. The number of allylic oxidation sites excluding steroid dienone is 1. The van der Waals surface area contributed by atoms with E-state index in [0.717, 1.165) is 52.2 Å². The minimum absolute atomic E-state index is 0.190. The SMILES string of the molecule is Cc1cc(N2CCOCC2)cc(C)c1/C=C/C1CCN(C(=O)OC(C)(C)C)CC1. The molecule has 0 N–H and O–H groups in total. The van der Waals surface area contributed by atoms with E-state index in [0.29, 0.717) is 5.92 Å². The van der Waals surface area contributed by atoms with Gasteiger partial charge in [-0.25, -0.2) is 4.79 Å². The lowest BCUT2D eigenvalue weighted by atomic mass is 9.94. The fraction of sp³-hybridized carbons (Fsp3) is 0.625. The molecule has 2 heterocycles. The molecule has 3 rings (SSSR count). The summed E-state index contributed by atoms with van der Waals surface area (Å²) >= 11 is 0. The van der Waals surface area contributed by atoms with E-state index in [1.807, 2.05) is 25.7 Å². The molecule has 0 aliphatic carbocycles. The van der Waals surface area contributed by atoms with Gasteiger partial charge in [-0.05, 0) is 82.2 Å². The third kappa shape index (κ3) is 5.99. The van der Waals surface area contributed by atoms with E-state index in [9.17, 15) is 4.79 Å². The number of hydrogen-bond donors (Lipinski definition) is 0. The number of carbonyl (C=O) groups is 1. The molecule has 5 nitrogen and oxygen atoms in total. The summed E-state index contributed by atoms with van der Waals surface area (Å²) in [7, 11) is 0. The van der Waals surface area contributed by atoms with Crippen LogP contribution in [-0.4, -0.2) is 56.0 Å². The number of piperidine rings is 1. The van der Waals surface area contributed by atoms with Crippen LogP contribution in [0.1, 0.15) is 50.3 Å². The molecular formula is C24H36N2O3. The highest BCUT2D eigenvalue weighted by Crippen LogP contribution is 2.27. The maximum atomic E-state index is 12.2. The van der Waals surface area contributed by atoms with Crippen molar-refractivity contribution in [2.24, 2.45) is 5.92 Å². The van der Waals surface area contributed by atoms with Crippen LogP contribution in [0.2, 0.25) is 0 Å². The van der Waals surface area contributed by atoms with E-state index in [1.54, 1.807) is 0 Å². The number of hydrogen-bond acceptors (Lipinski definition) is 4. The summed E-state index contributed by atoms with van der Waals surface area (Å²) in [6, 6.07) is 4.59. The van der Waals surface area contributed by atoms with E-state index in [-0.39, 0.29) is 6.09 Å². The van der Waals surface area contributed by atoms with Crippen LogP contribution in [0.5, 0.6) is 0 Å². The molecule has 0 aromatic heterocycles. The van der Waals surface area contributed by atoms with Gasteiger partial charge in [0.25, 0.3) is 0 Å². The molecule has 1 aromatic carbocycles. The molecule has 0 saturated carbocycles. The van der Waals surface area contributed by atoms with Crippen molar-refractivity contribution in [2.75, 3.05) is 44.3 Å². The summed E-state index contributed by atoms with van der Waals surface area (Å²) in [5.41, 5.74) is 4.81. The van der Waals surface area contributed by atoms with Gasteiger partial charge < -0.3 is 19.3 Å². The summed E-state index contributed by atoms with van der Waals surface area (Å²) in [5, 5.41) is 0. The molecule has 2 aliphatic heterocycles. The highest BCUT2D eigenvalue weighted by molar-refractivity contribution is 5.68. The van der Waals surface area contributed by atoms with Gasteiger partial charge in [-0.15, -0.1) is 0 Å². The molecule has 160 valence electrons. The molecule has 1 aromatic rings. The zero-order chi connectivity index (χ0) is 21.0. The van der Waals surface area contributed by atoms with E-state index in [4.69, 9.17) is 9.47 Å². The first-order chi connectivity index (χ1) is 13.7. The second-order valence-corrected chi connectivity index (χ2v) is 9.26. The largest absolute Gasteiger partial charge is 0.444 e. The molecule has 0 bridgehead atoms. The quantitative estimate of drug-likeness (QED) is 0.731. The van der Waals surface area contributed by atoms with Crippen molar-refractivity contribution in [3.63, 3.8) is 0 Å². The summed E-state index contributed by atoms with van der Waals surface area (Å²) in [4.78, 5) is 16.5. The highest BCUT2D eigenvalue weighted by Gasteiger charge is 2.26. The van der Waals surface area contributed by atoms with Gasteiger partial charge in [0.1, 0.15) is 5.60 Å². The standard InChI is InChI=1S/C24H36N2O3/c1-18-16-21(25-12-14-28-15-13-25)17-19(2)22(18)7-6-20-8-10-26(11-9-20)23(27)29-24(3,4)5/h6-7,16-17,20H,8-15H2,1-5H3/b7-6+. The van der Waals surface area contributed by atoms with Gasteiger partial charge >= 0.3 is 6.09 Å². The van der Waals surface area contributed by atoms with Crippen molar-refractivity contribution < 1.29 is 14.3 Å². The van der Waals surface area contributed by atoms with Crippen molar-refractivity contribution in [3.05, 3.63) is 34.9 Å². The Kier molecular flexibility index (Phi) is 6.89. The van der Waals surface area contributed by atoms with Crippen LogP contribution in [-0.2, 0) is 9.47 Å². The van der Waals surface area contributed by atoms with E-state index >= 15 is 0 Å². The van der Waals surface area contributed by atoms with Crippen molar-refractivity contribution in [3.8, 4) is 0 Å². The Labute approximate surface area is 175 Å². The number of rotatable bonds is 3. The topological polar surface area (TPSA) is 42.0 Å². The zero-order valence-corrected chi connectivity index (χ0v) is 18.7. The lowest BCUT2D eigenvalue weighted by Gasteiger charge is -2.32. The van der Waals surface area contributed by atoms with E-state index in [1.165, 1.54) is 22.4 Å². The van der Waals surface area contributed by atoms with Crippen molar-refractivity contribution in [1.82, 2.24) is 4.90 Å². The Hall–Kier alpha value is -2.01. The normalized spacial score (nSPS) is 19.1. The van der Waals surface area contributed by atoms with Gasteiger partial charge in [-0.1, -0.05) is 12.2 Å². The molecule has 0 unspecified atom stereocenters. The lowest BCUT2D eigenvalue weighted by molar-refractivity contribution is 0.0197. The molecule has 0 atom stereocenters. The molecule has 0 spiro atoms. The molecule has 5 heteroatoms. The molecule has 29 heavy (non-hydrogen) atoms. The minimum Gasteiger partial charge on any atom is -0.444 e. The van der Waals surface area contributed by atoms with Crippen LogP contribution < -0.4 is 4.90 Å². The van der Waals surface area contributed by atoms with Gasteiger partial charge in [0.15, 0.2) is 0 Å². The summed E-state index contributed by atoms with van der Waals surface area (Å²) < 4.78 is 11.0. The predicted octanol–water partition coefficient (Wildman–Crippen LogP) is 4.80. The Balaban J connectivity index is 1.58. The number of likely N-dealkylation sites (tertiary alicyclic amines) is 1. The summed E-state index contributed by atoms with van der Waals surface area (Å²) in [5.74, 6) is 0.506. The van der Waals surface area contributed by atoms with Gasteiger partial charge in [-0.3, -0.25) is 0 Å². The Morgan fingerprint density at radius 2 is 1.66 bits per heavy atom. The molecule has 2 fully saturated rings. The smallest absolute Gasteiger partial charge is 0.410 e. The first kappa shape index (κ1) is 21.7. The van der Waals surface area contributed by atoms with Gasteiger partial charge in [-0.2, -0.15) is 0 Å². The van der Waals surface area contributed by atoms with Crippen LogP contribution in [0.15, 0.2) is 18.2 Å². The number of amides is 1. The van der Waals surface area contributed by atoms with Gasteiger partial charge in [0, 0.05) is 31.9 Å². The second-order valence-electron chi connectivity index (χ2n) is 9.26. The lowest BCUT2D eigenvalue weighted by Crippen LogP contribution is -2.41. The van der Waals surface area contributed by atoms with Gasteiger partial charge in [0.05, 0.1) is 13.2 Å². The number of nitrogens with zero attached hydrogens (tertiary/aromatic N) is 2. The monoisotopic (exact) mass is 400 g/mol. The fourth-order valence-electron chi connectivity index (χ4n) is 4.05. The van der Waals surface area contributed by atoms with Crippen LogP contribution in [0.4, 0.5) is 10.5 Å². The van der Waals surface area contributed by atoms with Crippen molar-refractivity contribution in [2.45, 2.75) is 53.1 Å². The second kappa shape index (κ2) is 9.21. The first-order valence-corrected chi connectivity index (χ1v) is 10.8. The maximum Gasteiger partial charge on any atom is 0.410 e. The zero-order valence-electron chi connectivity index (χ0n) is 18.7. The molecule has 2 aliphatic rings. The van der Waals surface area contributed by atoms with Crippen LogP contribution in [0.25, 0.3) is 6.08 Å². The third-order valence-electron chi connectivity index (χ3n) is 5.68. The number of carbonyl (C=O) groups excluding carboxylic acids is 1. The average molecular weight is 401 g/mol. The van der Waals surface area contributed by atoms with E-state index in [2.05, 4.69) is 43.0 Å². The maximum absolute atomic E-state index is 12.2. The van der Waals surface area contributed by atoms with Crippen LogP contribution in [0.3, 0.4) is 0 Å². The van der Waals surface area contributed by atoms with Gasteiger partial charge in [0.2, 0.25) is 0 Å². The number of aryl methyl sites for hydroxylation is 2. The first-order valence-electron chi connectivity index (χ1n) is 10.8. The fourth-order valence-corrected chi connectivity index (χ4v) is 4.05. The number of benzene rings is 1. The van der Waals surface area contributed by atoms with Crippen molar-refractivity contribution >= 4 is 17.9 Å². The molecule has 0 radical (unpaired) electrons. The van der Waals surface area contributed by atoms with Crippen molar-refractivity contribution in [1.29, 1.82) is 0 Å². The minimum atomic E-state index is -0.434. The predicted molar refractivity (Wildman–Crippen MR) is 119 cm³/mol. The Morgan fingerprint density at radius 3 is 2.21 bits per heavy atom. The van der Waals surface area contributed by atoms with E-state index < -0.39 is 5.60 Å². The third-order valence-corrected chi connectivity index (χ3v) is 5.68. The van der Waals surface area contributed by atoms with Crippen LogP contribution >= 0.6 is 0 Å². The Bertz CT molecular complexity index is 714. The summed E-state index contributed by atoms with van der Waals surface area (Å²) in [6.45, 7) is 15.2. The molecule has 2 saturated heterocycles. The van der Waals surface area contributed by atoms with Crippen LogP contribution in [0, 0.1) is 19.8 Å². The number of ether oxygens (including phenoxy) is 2. The Morgan fingerprint density at radius 1 is 1.07 bits per heavy atom.